The Balaban J connectivity index is 1.90. The Morgan fingerprint density at radius 2 is 2.06 bits per heavy atom. The van der Waals surface area contributed by atoms with Gasteiger partial charge in [0, 0.05) is 32.2 Å². The molecule has 1 N–H and O–H groups in total. The normalized spacial score (nSPS) is 22.1. The molecule has 0 aromatic heterocycles. The first kappa shape index (κ1) is 12.4. The van der Waals surface area contributed by atoms with E-state index in [1.165, 1.54) is 18.5 Å². The van der Waals surface area contributed by atoms with Crippen molar-refractivity contribution >= 4 is 0 Å². The van der Waals surface area contributed by atoms with Crippen LogP contribution < -0.4 is 10.1 Å². The lowest BCUT2D eigenvalue weighted by Crippen LogP contribution is -2.28. The van der Waals surface area contributed by atoms with Crippen LogP contribution in [0.3, 0.4) is 0 Å². The fourth-order valence-corrected chi connectivity index (χ4v) is 2.21. The molecule has 1 aliphatic rings. The van der Waals surface area contributed by atoms with Crippen LogP contribution in [0.2, 0.25) is 0 Å². The van der Waals surface area contributed by atoms with Gasteiger partial charge in [0.2, 0.25) is 0 Å². The molecule has 0 bridgehead atoms. The van der Waals surface area contributed by atoms with Crippen molar-refractivity contribution in [1.82, 2.24) is 10.2 Å². The zero-order chi connectivity index (χ0) is 12.1. The monoisotopic (exact) mass is 234 g/mol. The average Bonchev–Trinajstić information content (AvgIpc) is 2.56. The Kier molecular flexibility index (Phi) is 4.40. The largest absolute Gasteiger partial charge is 0.497 e. The lowest BCUT2D eigenvalue weighted by atomic mass is 10.2. The average molecular weight is 234 g/mol. The summed E-state index contributed by atoms with van der Waals surface area (Å²) in [6.07, 6.45) is 1.23. The first-order chi connectivity index (χ1) is 8.28. The van der Waals surface area contributed by atoms with E-state index in [0.29, 0.717) is 6.04 Å². The molecule has 1 aromatic carbocycles. The van der Waals surface area contributed by atoms with Crippen LogP contribution in [0, 0.1) is 0 Å². The molecule has 1 aliphatic heterocycles. The number of rotatable bonds is 3. The molecule has 0 aliphatic carbocycles. The lowest BCUT2D eigenvalue weighted by molar-refractivity contribution is 0.282. The number of ether oxygens (including phenoxy) is 1. The summed E-state index contributed by atoms with van der Waals surface area (Å²) in [5.74, 6) is 0.930. The number of hydrogen-bond acceptors (Lipinski definition) is 3. The Bertz CT molecular complexity index is 337. The van der Waals surface area contributed by atoms with Gasteiger partial charge < -0.3 is 10.1 Å². The number of nitrogens with zero attached hydrogens (tertiary/aromatic N) is 1. The Morgan fingerprint density at radius 3 is 2.76 bits per heavy atom. The van der Waals surface area contributed by atoms with E-state index in [9.17, 15) is 0 Å². The van der Waals surface area contributed by atoms with Crippen LogP contribution in [0.15, 0.2) is 24.3 Å². The van der Waals surface area contributed by atoms with E-state index in [0.717, 1.165) is 25.4 Å². The first-order valence-electron chi connectivity index (χ1n) is 6.36. The van der Waals surface area contributed by atoms with E-state index in [-0.39, 0.29) is 0 Å². The van der Waals surface area contributed by atoms with Crippen molar-refractivity contribution in [2.24, 2.45) is 0 Å². The second kappa shape index (κ2) is 6.03. The Hall–Kier alpha value is -1.06. The van der Waals surface area contributed by atoms with Gasteiger partial charge >= 0.3 is 0 Å². The van der Waals surface area contributed by atoms with Crippen molar-refractivity contribution in [3.8, 4) is 5.75 Å². The number of methoxy groups -OCH3 is 1. The Labute approximate surface area is 104 Å². The summed E-state index contributed by atoms with van der Waals surface area (Å²) in [5, 5.41) is 3.52. The van der Waals surface area contributed by atoms with Gasteiger partial charge in [0.25, 0.3) is 0 Å². The van der Waals surface area contributed by atoms with Gasteiger partial charge in [-0.25, -0.2) is 0 Å². The van der Waals surface area contributed by atoms with Crippen LogP contribution in [0.1, 0.15) is 18.9 Å². The minimum atomic E-state index is 0.649. The molecule has 1 fully saturated rings. The van der Waals surface area contributed by atoms with Crippen LogP contribution in [-0.2, 0) is 6.54 Å². The van der Waals surface area contributed by atoms with Gasteiger partial charge in [-0.3, -0.25) is 4.90 Å². The van der Waals surface area contributed by atoms with Crippen LogP contribution in [0.5, 0.6) is 5.75 Å². The van der Waals surface area contributed by atoms with Crippen molar-refractivity contribution in [2.45, 2.75) is 25.9 Å². The van der Waals surface area contributed by atoms with Gasteiger partial charge in [-0.05, 0) is 31.0 Å². The molecule has 1 saturated heterocycles. The van der Waals surface area contributed by atoms with Crippen LogP contribution in [-0.4, -0.2) is 37.7 Å². The fourth-order valence-electron chi connectivity index (χ4n) is 2.21. The van der Waals surface area contributed by atoms with Crippen molar-refractivity contribution in [1.29, 1.82) is 0 Å². The quantitative estimate of drug-likeness (QED) is 0.864. The summed E-state index contributed by atoms with van der Waals surface area (Å²) in [7, 11) is 1.71. The molecule has 0 radical (unpaired) electrons. The van der Waals surface area contributed by atoms with Crippen molar-refractivity contribution < 1.29 is 4.74 Å². The summed E-state index contributed by atoms with van der Waals surface area (Å²) >= 11 is 0. The van der Waals surface area contributed by atoms with Gasteiger partial charge in [0.05, 0.1) is 7.11 Å². The van der Waals surface area contributed by atoms with Crippen molar-refractivity contribution in [2.75, 3.05) is 26.7 Å². The highest BCUT2D eigenvalue weighted by atomic mass is 16.5. The maximum atomic E-state index is 5.17. The van der Waals surface area contributed by atoms with Crippen LogP contribution in [0.4, 0.5) is 0 Å². The van der Waals surface area contributed by atoms with Crippen molar-refractivity contribution in [3.05, 3.63) is 29.8 Å². The highest BCUT2D eigenvalue weighted by Gasteiger charge is 2.12. The highest BCUT2D eigenvalue weighted by Crippen LogP contribution is 2.13. The molecule has 3 nitrogen and oxygen atoms in total. The molecule has 0 amide bonds. The summed E-state index contributed by atoms with van der Waals surface area (Å²) < 4.78 is 5.17. The summed E-state index contributed by atoms with van der Waals surface area (Å²) in [6, 6.07) is 9.03. The lowest BCUT2D eigenvalue weighted by Gasteiger charge is -2.19. The second-order valence-electron chi connectivity index (χ2n) is 4.77. The smallest absolute Gasteiger partial charge is 0.118 e. The summed E-state index contributed by atoms with van der Waals surface area (Å²) in [5.41, 5.74) is 1.36. The Morgan fingerprint density at radius 1 is 1.29 bits per heavy atom. The van der Waals surface area contributed by atoms with Crippen LogP contribution in [0.25, 0.3) is 0 Å². The summed E-state index contributed by atoms with van der Waals surface area (Å²) in [6.45, 7) is 6.71. The predicted molar refractivity (Wildman–Crippen MR) is 70.4 cm³/mol. The predicted octanol–water partition coefficient (Wildman–Crippen LogP) is 1.88. The standard InChI is InChI=1S/C14H22N2O/c1-12-7-9-16(10-8-15-12)11-13-3-5-14(17-2)6-4-13/h3-6,12,15H,7-11H2,1-2H3. The number of benzene rings is 1. The molecular formula is C14H22N2O. The zero-order valence-electron chi connectivity index (χ0n) is 10.8. The molecule has 1 heterocycles. The molecule has 1 aromatic rings. The molecule has 1 atom stereocenters. The van der Waals surface area contributed by atoms with E-state index in [2.05, 4.69) is 29.3 Å². The molecule has 2 rings (SSSR count). The molecule has 1 unspecified atom stereocenters. The molecular weight excluding hydrogens is 212 g/mol. The highest BCUT2D eigenvalue weighted by molar-refractivity contribution is 5.27. The molecule has 0 spiro atoms. The van der Waals surface area contributed by atoms with Gasteiger partial charge in [-0.1, -0.05) is 12.1 Å². The molecule has 3 heteroatoms. The zero-order valence-corrected chi connectivity index (χ0v) is 10.8. The summed E-state index contributed by atoms with van der Waals surface area (Å²) in [4.78, 5) is 2.51. The topological polar surface area (TPSA) is 24.5 Å². The third kappa shape index (κ3) is 3.72. The molecule has 17 heavy (non-hydrogen) atoms. The van der Waals surface area contributed by atoms with E-state index < -0.39 is 0 Å². The molecule has 0 saturated carbocycles. The van der Waals surface area contributed by atoms with Crippen molar-refractivity contribution in [3.63, 3.8) is 0 Å². The van der Waals surface area contributed by atoms with E-state index in [4.69, 9.17) is 4.74 Å². The minimum Gasteiger partial charge on any atom is -0.497 e. The molecule has 94 valence electrons. The van der Waals surface area contributed by atoms with Gasteiger partial charge in [-0.15, -0.1) is 0 Å². The van der Waals surface area contributed by atoms with Gasteiger partial charge in [0.1, 0.15) is 5.75 Å². The minimum absolute atomic E-state index is 0.649. The van der Waals surface area contributed by atoms with E-state index >= 15 is 0 Å². The third-order valence-corrected chi connectivity index (χ3v) is 3.36. The fraction of sp³-hybridized carbons (Fsp3) is 0.571. The SMILES string of the molecule is COc1ccc(CN2CCNC(C)CC2)cc1. The van der Waals surface area contributed by atoms with Crippen LogP contribution >= 0.6 is 0 Å². The maximum absolute atomic E-state index is 5.17. The van der Waals surface area contributed by atoms with Gasteiger partial charge in [-0.2, -0.15) is 0 Å². The third-order valence-electron chi connectivity index (χ3n) is 3.36. The maximum Gasteiger partial charge on any atom is 0.118 e. The second-order valence-corrected chi connectivity index (χ2v) is 4.77. The van der Waals surface area contributed by atoms with Gasteiger partial charge in [0.15, 0.2) is 0 Å². The van der Waals surface area contributed by atoms with E-state index in [1.807, 2.05) is 12.1 Å². The van der Waals surface area contributed by atoms with E-state index in [1.54, 1.807) is 7.11 Å². The first-order valence-corrected chi connectivity index (χ1v) is 6.36. The number of hydrogen-bond donors (Lipinski definition) is 1. The number of nitrogens with one attached hydrogen (secondary N) is 1.